The van der Waals surface area contributed by atoms with Gasteiger partial charge in [-0.05, 0) is 54.8 Å². The summed E-state index contributed by atoms with van der Waals surface area (Å²) in [6.45, 7) is 5.22. The molecule has 0 aliphatic carbocycles. The van der Waals surface area contributed by atoms with Crippen LogP contribution < -0.4 is 16.2 Å². The quantitative estimate of drug-likeness (QED) is 0.545. The van der Waals surface area contributed by atoms with Crippen molar-refractivity contribution in [1.82, 2.24) is 30.9 Å². The van der Waals surface area contributed by atoms with Gasteiger partial charge >= 0.3 is 0 Å². The summed E-state index contributed by atoms with van der Waals surface area (Å²) in [5, 5.41) is 7.70. The first-order chi connectivity index (χ1) is 15.0. The summed E-state index contributed by atoms with van der Waals surface area (Å²) in [6, 6.07) is 12.1. The summed E-state index contributed by atoms with van der Waals surface area (Å²) >= 11 is 0. The molecule has 0 bridgehead atoms. The average Bonchev–Trinajstić information content (AvgIpc) is 3.43. The Labute approximate surface area is 181 Å². The molecule has 3 heterocycles. The first-order valence-electron chi connectivity index (χ1n) is 10.5. The first-order valence-corrected chi connectivity index (χ1v) is 10.5. The molecule has 2 unspecified atom stereocenters. The number of hydrogen-bond donors (Lipinski definition) is 3. The molecule has 31 heavy (non-hydrogen) atoms. The van der Waals surface area contributed by atoms with Crippen molar-refractivity contribution in [3.63, 3.8) is 0 Å². The number of rotatable bonds is 7. The monoisotopic (exact) mass is 422 g/mol. The summed E-state index contributed by atoms with van der Waals surface area (Å²) in [7, 11) is 0. The molecule has 3 N–H and O–H groups in total. The van der Waals surface area contributed by atoms with Crippen LogP contribution in [0.3, 0.4) is 0 Å². The summed E-state index contributed by atoms with van der Waals surface area (Å²) in [6.07, 6.45) is 4.26. The van der Waals surface area contributed by atoms with Crippen molar-refractivity contribution in [1.29, 1.82) is 0 Å². The minimum Gasteiger partial charge on any atom is -0.353 e. The number of halogens is 1. The van der Waals surface area contributed by atoms with Crippen LogP contribution in [0.25, 0.3) is 22.5 Å². The maximum absolute atomic E-state index is 13.3. The van der Waals surface area contributed by atoms with Gasteiger partial charge in [-0.25, -0.2) is 9.82 Å². The lowest BCUT2D eigenvalue weighted by Crippen LogP contribution is -2.44. The van der Waals surface area contributed by atoms with Crippen molar-refractivity contribution < 1.29 is 9.18 Å². The molecule has 1 amide bonds. The van der Waals surface area contributed by atoms with Crippen LogP contribution in [0.15, 0.2) is 54.9 Å². The van der Waals surface area contributed by atoms with E-state index in [2.05, 4.69) is 35.0 Å². The molecule has 0 spiro atoms. The van der Waals surface area contributed by atoms with Gasteiger partial charge < -0.3 is 5.32 Å². The summed E-state index contributed by atoms with van der Waals surface area (Å²) in [4.78, 5) is 16.7. The van der Waals surface area contributed by atoms with E-state index in [4.69, 9.17) is 5.10 Å². The molecule has 3 aromatic rings. The van der Waals surface area contributed by atoms with Gasteiger partial charge in [-0.2, -0.15) is 5.10 Å². The Hall–Kier alpha value is -3.10. The highest BCUT2D eigenvalue weighted by Gasteiger charge is 2.30. The Morgan fingerprint density at radius 3 is 2.71 bits per heavy atom. The van der Waals surface area contributed by atoms with Gasteiger partial charge in [0.15, 0.2) is 0 Å². The molecule has 7 nitrogen and oxygen atoms in total. The predicted molar refractivity (Wildman–Crippen MR) is 117 cm³/mol. The Bertz CT molecular complexity index is 1020. The maximum Gasteiger partial charge on any atom is 0.238 e. The van der Waals surface area contributed by atoms with E-state index in [0.717, 1.165) is 28.9 Å². The molecule has 8 heteroatoms. The minimum absolute atomic E-state index is 0.0236. The Balaban J connectivity index is 1.47. The zero-order valence-electron chi connectivity index (χ0n) is 17.7. The zero-order valence-corrected chi connectivity index (χ0v) is 17.7. The fourth-order valence-corrected chi connectivity index (χ4v) is 3.69. The van der Waals surface area contributed by atoms with Crippen molar-refractivity contribution in [3.05, 3.63) is 60.7 Å². The highest BCUT2D eigenvalue weighted by molar-refractivity contribution is 5.82. The summed E-state index contributed by atoms with van der Waals surface area (Å²) in [5.74, 6) is 0.152. The molecule has 2 aromatic heterocycles. The number of hydrazine groups is 1. The van der Waals surface area contributed by atoms with Crippen LogP contribution in [0.4, 0.5) is 4.39 Å². The highest BCUT2D eigenvalue weighted by atomic mass is 19.1. The molecule has 2 atom stereocenters. The molecular weight excluding hydrogens is 395 g/mol. The maximum atomic E-state index is 13.3. The van der Waals surface area contributed by atoms with E-state index in [-0.39, 0.29) is 23.8 Å². The number of carbonyl (C=O) groups excluding carboxylic acids is 1. The van der Waals surface area contributed by atoms with Crippen molar-refractivity contribution in [2.75, 3.05) is 6.54 Å². The van der Waals surface area contributed by atoms with Gasteiger partial charge in [0.25, 0.3) is 0 Å². The third-order valence-corrected chi connectivity index (χ3v) is 5.55. The minimum atomic E-state index is -0.284. The smallest absolute Gasteiger partial charge is 0.238 e. The third kappa shape index (κ3) is 4.98. The number of carbonyl (C=O) groups is 1. The molecule has 0 saturated carbocycles. The van der Waals surface area contributed by atoms with E-state index in [9.17, 15) is 9.18 Å². The number of hydrogen-bond acceptors (Lipinski definition) is 5. The topological polar surface area (TPSA) is 83.9 Å². The van der Waals surface area contributed by atoms with Crippen LogP contribution in [0.2, 0.25) is 0 Å². The van der Waals surface area contributed by atoms with E-state index in [1.807, 2.05) is 22.9 Å². The van der Waals surface area contributed by atoms with Gasteiger partial charge in [0.1, 0.15) is 11.9 Å². The number of amides is 1. The molecule has 4 rings (SSSR count). The number of nitrogens with zero attached hydrogens (tertiary/aromatic N) is 3. The van der Waals surface area contributed by atoms with Crippen LogP contribution in [0.1, 0.15) is 20.3 Å². The molecule has 1 aromatic carbocycles. The van der Waals surface area contributed by atoms with Gasteiger partial charge in [0.05, 0.1) is 17.9 Å². The Morgan fingerprint density at radius 2 is 2.03 bits per heavy atom. The molecule has 1 fully saturated rings. The van der Waals surface area contributed by atoms with Gasteiger partial charge in [0.2, 0.25) is 5.91 Å². The number of pyridine rings is 1. The number of benzene rings is 1. The van der Waals surface area contributed by atoms with E-state index < -0.39 is 0 Å². The van der Waals surface area contributed by atoms with Crippen molar-refractivity contribution in [3.8, 4) is 22.5 Å². The molecule has 1 saturated heterocycles. The van der Waals surface area contributed by atoms with Gasteiger partial charge in [-0.3, -0.25) is 19.9 Å². The zero-order chi connectivity index (χ0) is 21.8. The molecule has 1 aliphatic heterocycles. The Morgan fingerprint density at radius 1 is 1.23 bits per heavy atom. The normalized spacial score (nSPS) is 18.5. The SMILES string of the molecule is CC(C)C1CC(C(=O)NCCn2nc(-c3ccc(F)cc3)cc2-c2cccnc2)NN1. The van der Waals surface area contributed by atoms with Crippen molar-refractivity contribution >= 4 is 5.91 Å². The summed E-state index contributed by atoms with van der Waals surface area (Å²) < 4.78 is 15.2. The standard InChI is InChI=1S/C23H27FN6O/c1-15(2)19-12-21(28-27-19)23(31)26-10-11-30-22(17-4-3-9-25-14-17)13-20(29-30)16-5-7-18(24)8-6-16/h3-9,13-15,19,21,27-28H,10-12H2,1-2H3,(H,26,31). The van der Waals surface area contributed by atoms with E-state index in [1.54, 1.807) is 24.5 Å². The van der Waals surface area contributed by atoms with Crippen LogP contribution in [0, 0.1) is 11.7 Å². The van der Waals surface area contributed by atoms with Gasteiger partial charge in [0, 0.05) is 36.1 Å². The van der Waals surface area contributed by atoms with Crippen molar-refractivity contribution in [2.45, 2.75) is 38.9 Å². The fourth-order valence-electron chi connectivity index (χ4n) is 3.69. The third-order valence-electron chi connectivity index (χ3n) is 5.55. The van der Waals surface area contributed by atoms with Crippen LogP contribution in [0.5, 0.6) is 0 Å². The fraction of sp³-hybridized carbons (Fsp3) is 0.348. The lowest BCUT2D eigenvalue weighted by atomic mass is 9.99. The van der Waals surface area contributed by atoms with E-state index >= 15 is 0 Å². The Kier molecular flexibility index (Phi) is 6.39. The highest BCUT2D eigenvalue weighted by Crippen LogP contribution is 2.26. The van der Waals surface area contributed by atoms with Gasteiger partial charge in [-0.1, -0.05) is 13.8 Å². The second-order valence-electron chi connectivity index (χ2n) is 8.11. The number of nitrogens with one attached hydrogen (secondary N) is 3. The molecule has 162 valence electrons. The molecule has 1 aliphatic rings. The second-order valence-corrected chi connectivity index (χ2v) is 8.11. The molecular formula is C23H27FN6O. The largest absolute Gasteiger partial charge is 0.353 e. The summed E-state index contributed by atoms with van der Waals surface area (Å²) in [5.41, 5.74) is 9.66. The van der Waals surface area contributed by atoms with Gasteiger partial charge in [-0.15, -0.1) is 0 Å². The lowest BCUT2D eigenvalue weighted by Gasteiger charge is -2.13. The average molecular weight is 423 g/mol. The predicted octanol–water partition coefficient (Wildman–Crippen LogP) is 2.76. The van der Waals surface area contributed by atoms with Crippen LogP contribution in [-0.4, -0.2) is 39.3 Å². The van der Waals surface area contributed by atoms with Crippen LogP contribution in [-0.2, 0) is 11.3 Å². The second kappa shape index (κ2) is 9.36. The first kappa shape index (κ1) is 21.1. The van der Waals surface area contributed by atoms with E-state index in [0.29, 0.717) is 19.0 Å². The lowest BCUT2D eigenvalue weighted by molar-refractivity contribution is -0.122. The van der Waals surface area contributed by atoms with Crippen LogP contribution >= 0.6 is 0 Å². The molecule has 0 radical (unpaired) electrons. The van der Waals surface area contributed by atoms with E-state index in [1.165, 1.54) is 12.1 Å². The number of aromatic nitrogens is 3. The van der Waals surface area contributed by atoms with Crippen molar-refractivity contribution in [2.24, 2.45) is 5.92 Å².